The van der Waals surface area contributed by atoms with E-state index < -0.39 is 0 Å². The Kier molecular flexibility index (Phi) is 5.61. The van der Waals surface area contributed by atoms with Gasteiger partial charge in [-0.05, 0) is 63.7 Å². The Labute approximate surface area is 171 Å². The first-order valence-corrected chi connectivity index (χ1v) is 9.66. The van der Waals surface area contributed by atoms with E-state index in [1.54, 1.807) is 12.1 Å². The van der Waals surface area contributed by atoms with E-state index in [2.05, 4.69) is 43.5 Å². The quantitative estimate of drug-likeness (QED) is 0.578. The number of thiocarbonyl (C=S) groups is 1. The monoisotopic (exact) mass is 398 g/mol. The Balaban J connectivity index is 1.81. The van der Waals surface area contributed by atoms with Gasteiger partial charge in [0.2, 0.25) is 0 Å². The number of hydrogen-bond donors (Lipinski definition) is 2. The number of fused-ring (bicyclic) bond motifs is 1. The third kappa shape index (κ3) is 4.28. The molecule has 0 aliphatic carbocycles. The lowest BCUT2D eigenvalue weighted by Crippen LogP contribution is -2.42. The maximum absolute atomic E-state index is 11.9. The summed E-state index contributed by atoms with van der Waals surface area (Å²) in [7, 11) is 1.38. The summed E-state index contributed by atoms with van der Waals surface area (Å²) in [6.45, 7) is 8.08. The van der Waals surface area contributed by atoms with Gasteiger partial charge >= 0.3 is 5.97 Å². The fraction of sp³-hybridized carbons (Fsp3) is 0.364. The molecular weight excluding hydrogens is 372 g/mol. The number of aryl methyl sites for hydroxylation is 1. The highest BCUT2D eigenvalue weighted by molar-refractivity contribution is 7.80. The van der Waals surface area contributed by atoms with Crippen molar-refractivity contribution in [1.29, 1.82) is 0 Å². The Morgan fingerprint density at radius 2 is 2.00 bits per heavy atom. The molecule has 1 atom stereocenters. The van der Waals surface area contributed by atoms with E-state index in [1.165, 1.54) is 12.7 Å². The summed E-state index contributed by atoms with van der Waals surface area (Å²) in [4.78, 5) is 11.9. The summed E-state index contributed by atoms with van der Waals surface area (Å²) >= 11 is 5.57. The van der Waals surface area contributed by atoms with Crippen LogP contribution in [-0.2, 0) is 4.74 Å². The molecule has 1 aliphatic rings. The highest BCUT2D eigenvalue weighted by atomic mass is 32.1. The van der Waals surface area contributed by atoms with E-state index >= 15 is 0 Å². The number of anilines is 1. The number of nitrogens with one attached hydrogen (secondary N) is 2. The van der Waals surface area contributed by atoms with Crippen molar-refractivity contribution in [2.24, 2.45) is 0 Å². The summed E-state index contributed by atoms with van der Waals surface area (Å²) < 4.78 is 11.0. The van der Waals surface area contributed by atoms with Crippen LogP contribution in [0.15, 0.2) is 36.4 Å². The number of hydrogen-bond acceptors (Lipinski definition) is 4. The molecule has 0 saturated heterocycles. The summed E-state index contributed by atoms with van der Waals surface area (Å²) in [5, 5.41) is 7.14. The number of methoxy groups -OCH3 is 1. The maximum atomic E-state index is 11.9. The van der Waals surface area contributed by atoms with Crippen LogP contribution in [0, 0.1) is 13.8 Å². The molecule has 0 bridgehead atoms. The first-order valence-electron chi connectivity index (χ1n) is 9.25. The summed E-state index contributed by atoms with van der Waals surface area (Å²) in [6, 6.07) is 11.7. The van der Waals surface area contributed by atoms with Gasteiger partial charge in [0.05, 0.1) is 18.7 Å². The van der Waals surface area contributed by atoms with Crippen LogP contribution in [0.2, 0.25) is 0 Å². The lowest BCUT2D eigenvalue weighted by atomic mass is 9.89. The molecule has 1 aliphatic heterocycles. The Morgan fingerprint density at radius 3 is 2.71 bits per heavy atom. The van der Waals surface area contributed by atoms with Gasteiger partial charge in [-0.15, -0.1) is 0 Å². The predicted octanol–water partition coefficient (Wildman–Crippen LogP) is 4.68. The molecule has 148 valence electrons. The predicted molar refractivity (Wildman–Crippen MR) is 115 cm³/mol. The number of esters is 1. The minimum atomic E-state index is -0.365. The maximum Gasteiger partial charge on any atom is 0.338 e. The molecule has 0 spiro atoms. The summed E-state index contributed by atoms with van der Waals surface area (Å²) in [5.74, 6) is 0.515. The van der Waals surface area contributed by atoms with Crippen molar-refractivity contribution in [3.05, 3.63) is 58.7 Å². The molecule has 2 aromatic carbocycles. The molecule has 1 heterocycles. The van der Waals surface area contributed by atoms with Gasteiger partial charge in [-0.1, -0.05) is 23.8 Å². The number of carbonyl (C=O) groups excluding carboxylic acids is 1. The standard InChI is InChI=1S/C22H26N2O3S/c1-13-9-10-19-16(11-13)18(12-22(3,4)27-19)24-21(28)23-17-8-6-7-15(14(17)2)20(25)26-5/h6-11,18H,12H2,1-5H3,(H2,23,24,28)/t18-/m0/s1. The van der Waals surface area contributed by atoms with Crippen LogP contribution in [0.25, 0.3) is 0 Å². The fourth-order valence-corrected chi connectivity index (χ4v) is 3.77. The molecule has 0 fully saturated rings. The normalized spacial score (nSPS) is 17.1. The lowest BCUT2D eigenvalue weighted by Gasteiger charge is -2.38. The zero-order chi connectivity index (χ0) is 20.5. The van der Waals surface area contributed by atoms with Gasteiger partial charge in [-0.2, -0.15) is 0 Å². The second-order valence-electron chi connectivity index (χ2n) is 7.73. The van der Waals surface area contributed by atoms with Gasteiger partial charge in [0.15, 0.2) is 5.11 Å². The smallest absolute Gasteiger partial charge is 0.338 e. The average Bonchev–Trinajstić information content (AvgIpc) is 2.62. The molecule has 3 rings (SSSR count). The van der Waals surface area contributed by atoms with Crippen molar-refractivity contribution in [3.63, 3.8) is 0 Å². The van der Waals surface area contributed by atoms with Crippen LogP contribution in [-0.4, -0.2) is 23.8 Å². The van der Waals surface area contributed by atoms with Crippen molar-refractivity contribution in [2.75, 3.05) is 12.4 Å². The third-order valence-electron chi connectivity index (χ3n) is 4.92. The third-order valence-corrected chi connectivity index (χ3v) is 5.14. The van der Waals surface area contributed by atoms with Gasteiger partial charge in [-0.3, -0.25) is 0 Å². The molecule has 2 aromatic rings. The molecular formula is C22H26N2O3S. The van der Waals surface area contributed by atoms with E-state index in [1.807, 2.05) is 19.1 Å². The first kappa shape index (κ1) is 20.1. The molecule has 0 amide bonds. The van der Waals surface area contributed by atoms with Crippen LogP contribution >= 0.6 is 12.2 Å². The molecule has 0 aromatic heterocycles. The molecule has 2 N–H and O–H groups in total. The minimum absolute atomic E-state index is 0.0303. The summed E-state index contributed by atoms with van der Waals surface area (Å²) in [5.41, 5.74) is 4.07. The van der Waals surface area contributed by atoms with Crippen LogP contribution < -0.4 is 15.4 Å². The lowest BCUT2D eigenvalue weighted by molar-refractivity contribution is 0.0599. The minimum Gasteiger partial charge on any atom is -0.487 e. The van der Waals surface area contributed by atoms with Crippen molar-refractivity contribution >= 4 is 29.0 Å². The van der Waals surface area contributed by atoms with E-state index in [0.29, 0.717) is 10.7 Å². The van der Waals surface area contributed by atoms with Crippen molar-refractivity contribution < 1.29 is 14.3 Å². The summed E-state index contributed by atoms with van der Waals surface area (Å²) in [6.07, 6.45) is 0.784. The zero-order valence-electron chi connectivity index (χ0n) is 16.9. The van der Waals surface area contributed by atoms with Gasteiger partial charge < -0.3 is 20.1 Å². The molecule has 28 heavy (non-hydrogen) atoms. The second kappa shape index (κ2) is 7.80. The fourth-order valence-electron chi connectivity index (χ4n) is 3.52. The largest absolute Gasteiger partial charge is 0.487 e. The van der Waals surface area contributed by atoms with Crippen LogP contribution in [0.4, 0.5) is 5.69 Å². The second-order valence-corrected chi connectivity index (χ2v) is 8.14. The van der Waals surface area contributed by atoms with Crippen molar-refractivity contribution in [3.8, 4) is 5.75 Å². The number of benzene rings is 2. The Morgan fingerprint density at radius 1 is 1.25 bits per heavy atom. The van der Waals surface area contributed by atoms with E-state index in [4.69, 9.17) is 21.7 Å². The molecule has 0 saturated carbocycles. The molecule has 0 radical (unpaired) electrons. The van der Waals surface area contributed by atoms with E-state index in [9.17, 15) is 4.79 Å². The van der Waals surface area contributed by atoms with Crippen molar-refractivity contribution in [1.82, 2.24) is 5.32 Å². The Bertz CT molecular complexity index is 924. The van der Waals surface area contributed by atoms with Crippen LogP contribution in [0.3, 0.4) is 0 Å². The van der Waals surface area contributed by atoms with E-state index in [-0.39, 0.29) is 17.6 Å². The van der Waals surface area contributed by atoms with Gasteiger partial charge in [-0.25, -0.2) is 4.79 Å². The number of carbonyl (C=O) groups is 1. The van der Waals surface area contributed by atoms with Crippen molar-refractivity contribution in [2.45, 2.75) is 45.8 Å². The van der Waals surface area contributed by atoms with Gasteiger partial charge in [0, 0.05) is 17.7 Å². The first-order chi connectivity index (χ1) is 13.2. The molecule has 5 nitrogen and oxygen atoms in total. The Hall–Kier alpha value is -2.60. The van der Waals surface area contributed by atoms with E-state index in [0.717, 1.165) is 29.0 Å². The number of rotatable bonds is 3. The van der Waals surface area contributed by atoms with Gasteiger partial charge in [0.25, 0.3) is 0 Å². The topological polar surface area (TPSA) is 59.6 Å². The molecule has 6 heteroatoms. The SMILES string of the molecule is COC(=O)c1cccc(NC(=S)N[C@H]2CC(C)(C)Oc3ccc(C)cc32)c1C. The highest BCUT2D eigenvalue weighted by Crippen LogP contribution is 2.39. The van der Waals surface area contributed by atoms with Crippen LogP contribution in [0.5, 0.6) is 5.75 Å². The zero-order valence-corrected chi connectivity index (χ0v) is 17.7. The van der Waals surface area contributed by atoms with Crippen LogP contribution in [0.1, 0.15) is 53.4 Å². The number of ether oxygens (including phenoxy) is 2. The molecule has 0 unspecified atom stereocenters. The average molecular weight is 399 g/mol. The highest BCUT2D eigenvalue weighted by Gasteiger charge is 2.34. The van der Waals surface area contributed by atoms with Gasteiger partial charge in [0.1, 0.15) is 11.4 Å².